The van der Waals surface area contributed by atoms with Gasteiger partial charge >= 0.3 is 0 Å². The zero-order chi connectivity index (χ0) is 11.0. The molecule has 0 unspecified atom stereocenters. The average Bonchev–Trinajstić information content (AvgIpc) is 2.76. The predicted molar refractivity (Wildman–Crippen MR) is 61.3 cm³/mol. The van der Waals surface area contributed by atoms with Crippen LogP contribution in [0.25, 0.3) is 5.57 Å². The first-order valence-corrected chi connectivity index (χ1v) is 5.89. The van der Waals surface area contributed by atoms with Gasteiger partial charge in [-0.1, -0.05) is 6.08 Å². The Kier molecular flexibility index (Phi) is 2.48. The minimum absolute atomic E-state index is 0.251. The molecule has 1 aromatic rings. The van der Waals surface area contributed by atoms with Gasteiger partial charge in [-0.05, 0) is 43.4 Å². The molecular formula is C13H15FN2. The van der Waals surface area contributed by atoms with Gasteiger partial charge in [0.15, 0.2) is 0 Å². The van der Waals surface area contributed by atoms with Crippen LogP contribution in [-0.2, 0) is 0 Å². The molecule has 3 rings (SSSR count). The van der Waals surface area contributed by atoms with Crippen molar-refractivity contribution in [1.82, 2.24) is 10.3 Å². The van der Waals surface area contributed by atoms with Gasteiger partial charge in [0.1, 0.15) is 5.82 Å². The minimum Gasteiger partial charge on any atom is -0.310 e. The fraction of sp³-hybridized carbons (Fsp3) is 0.462. The van der Waals surface area contributed by atoms with Gasteiger partial charge in [0, 0.05) is 17.8 Å². The summed E-state index contributed by atoms with van der Waals surface area (Å²) >= 11 is 0. The van der Waals surface area contributed by atoms with E-state index in [9.17, 15) is 4.39 Å². The van der Waals surface area contributed by atoms with Crippen molar-refractivity contribution in [3.63, 3.8) is 0 Å². The molecule has 2 nitrogen and oxygen atoms in total. The van der Waals surface area contributed by atoms with E-state index in [2.05, 4.69) is 16.4 Å². The van der Waals surface area contributed by atoms with Gasteiger partial charge in [-0.3, -0.25) is 4.98 Å². The van der Waals surface area contributed by atoms with Crippen LogP contribution in [0.1, 0.15) is 24.8 Å². The number of aromatic nitrogens is 1. The average molecular weight is 218 g/mol. The molecular weight excluding hydrogens is 203 g/mol. The number of allylic oxidation sites excluding steroid dienone is 1. The van der Waals surface area contributed by atoms with Crippen LogP contribution in [0.15, 0.2) is 24.5 Å². The SMILES string of the molecule is Fc1cncc(C2=CCC[C@@H]3CCN[C@H]23)c1. The number of nitrogens with one attached hydrogen (secondary N) is 1. The Labute approximate surface area is 94.6 Å². The van der Waals surface area contributed by atoms with Gasteiger partial charge in [0.05, 0.1) is 6.20 Å². The molecule has 0 aromatic carbocycles. The van der Waals surface area contributed by atoms with Crippen LogP contribution in [0.5, 0.6) is 0 Å². The van der Waals surface area contributed by atoms with Crippen molar-refractivity contribution in [2.24, 2.45) is 5.92 Å². The van der Waals surface area contributed by atoms with Gasteiger partial charge in [-0.2, -0.15) is 0 Å². The lowest BCUT2D eigenvalue weighted by atomic mass is 9.82. The molecule has 1 aliphatic carbocycles. The van der Waals surface area contributed by atoms with Crippen LogP contribution in [0.2, 0.25) is 0 Å². The molecule has 0 saturated carbocycles. The summed E-state index contributed by atoms with van der Waals surface area (Å²) in [6.45, 7) is 1.08. The smallest absolute Gasteiger partial charge is 0.142 e. The molecule has 2 heterocycles. The van der Waals surface area contributed by atoms with Gasteiger partial charge in [0.25, 0.3) is 0 Å². The number of hydrogen-bond acceptors (Lipinski definition) is 2. The Bertz CT molecular complexity index is 428. The van der Waals surface area contributed by atoms with Crippen LogP contribution in [-0.4, -0.2) is 17.6 Å². The first-order valence-electron chi connectivity index (χ1n) is 5.89. The third kappa shape index (κ3) is 1.65. The molecule has 0 amide bonds. The lowest BCUT2D eigenvalue weighted by Crippen LogP contribution is -2.30. The van der Waals surface area contributed by atoms with Crippen molar-refractivity contribution < 1.29 is 4.39 Å². The summed E-state index contributed by atoms with van der Waals surface area (Å²) in [6, 6.07) is 2.00. The fourth-order valence-electron chi connectivity index (χ4n) is 2.88. The van der Waals surface area contributed by atoms with Gasteiger partial charge in [-0.15, -0.1) is 0 Å². The van der Waals surface area contributed by atoms with E-state index in [0.717, 1.165) is 24.4 Å². The molecule has 16 heavy (non-hydrogen) atoms. The zero-order valence-corrected chi connectivity index (χ0v) is 9.12. The first kappa shape index (κ1) is 9.97. The summed E-state index contributed by atoms with van der Waals surface area (Å²) in [5.74, 6) is 0.474. The zero-order valence-electron chi connectivity index (χ0n) is 9.12. The third-order valence-electron chi connectivity index (χ3n) is 3.63. The van der Waals surface area contributed by atoms with Crippen molar-refractivity contribution >= 4 is 5.57 Å². The second kappa shape index (κ2) is 3.98. The highest BCUT2D eigenvalue weighted by Crippen LogP contribution is 2.35. The van der Waals surface area contributed by atoms with Crippen molar-refractivity contribution in [1.29, 1.82) is 0 Å². The molecule has 3 heteroatoms. The molecule has 1 N–H and O–H groups in total. The predicted octanol–water partition coefficient (Wildman–Crippen LogP) is 2.38. The standard InChI is InChI=1S/C13H15FN2/c14-11-6-10(7-15-8-11)12-3-1-2-9-4-5-16-13(9)12/h3,6-9,13,16H,1-2,4-5H2/t9-,13+/m1/s1. The van der Waals surface area contributed by atoms with Crippen LogP contribution >= 0.6 is 0 Å². The molecule has 2 atom stereocenters. The molecule has 0 spiro atoms. The van der Waals surface area contributed by atoms with Crippen molar-refractivity contribution in [3.05, 3.63) is 35.9 Å². The van der Waals surface area contributed by atoms with E-state index in [1.54, 1.807) is 12.3 Å². The summed E-state index contributed by atoms with van der Waals surface area (Å²) < 4.78 is 13.2. The Hall–Kier alpha value is -1.22. The summed E-state index contributed by atoms with van der Waals surface area (Å²) in [7, 11) is 0. The topological polar surface area (TPSA) is 24.9 Å². The van der Waals surface area contributed by atoms with Crippen LogP contribution in [0.4, 0.5) is 4.39 Å². The monoisotopic (exact) mass is 218 g/mol. The maximum Gasteiger partial charge on any atom is 0.142 e. The van der Waals surface area contributed by atoms with Crippen LogP contribution < -0.4 is 5.32 Å². The Balaban J connectivity index is 1.96. The number of nitrogens with zero attached hydrogens (tertiary/aromatic N) is 1. The lowest BCUT2D eigenvalue weighted by molar-refractivity contribution is 0.470. The Morgan fingerprint density at radius 3 is 3.12 bits per heavy atom. The van der Waals surface area contributed by atoms with Gasteiger partial charge in [-0.25, -0.2) is 4.39 Å². The van der Waals surface area contributed by atoms with Crippen molar-refractivity contribution in [3.8, 4) is 0 Å². The number of rotatable bonds is 1. The highest BCUT2D eigenvalue weighted by atomic mass is 19.1. The molecule has 0 radical (unpaired) electrons. The summed E-state index contributed by atoms with van der Waals surface area (Å²) in [4.78, 5) is 3.93. The van der Waals surface area contributed by atoms with E-state index in [4.69, 9.17) is 0 Å². The summed E-state index contributed by atoms with van der Waals surface area (Å²) in [6.07, 6.45) is 8.85. The second-order valence-corrected chi connectivity index (χ2v) is 4.61. The molecule has 2 aliphatic rings. The molecule has 0 bridgehead atoms. The number of halogens is 1. The lowest BCUT2D eigenvalue weighted by Gasteiger charge is -2.26. The second-order valence-electron chi connectivity index (χ2n) is 4.61. The minimum atomic E-state index is -0.251. The normalized spacial score (nSPS) is 28.7. The Morgan fingerprint density at radius 1 is 1.31 bits per heavy atom. The van der Waals surface area contributed by atoms with Gasteiger partial charge in [0.2, 0.25) is 0 Å². The molecule has 1 fully saturated rings. The highest BCUT2D eigenvalue weighted by molar-refractivity contribution is 5.70. The van der Waals surface area contributed by atoms with Crippen LogP contribution in [0, 0.1) is 11.7 Å². The first-order chi connectivity index (χ1) is 7.84. The number of fused-ring (bicyclic) bond motifs is 1. The van der Waals surface area contributed by atoms with E-state index in [-0.39, 0.29) is 5.82 Å². The molecule has 1 saturated heterocycles. The van der Waals surface area contributed by atoms with Crippen LogP contribution in [0.3, 0.4) is 0 Å². The van der Waals surface area contributed by atoms with Crippen molar-refractivity contribution in [2.45, 2.75) is 25.3 Å². The number of hydrogen-bond donors (Lipinski definition) is 1. The molecule has 1 aromatic heterocycles. The largest absolute Gasteiger partial charge is 0.310 e. The highest BCUT2D eigenvalue weighted by Gasteiger charge is 2.32. The van der Waals surface area contributed by atoms with E-state index in [0.29, 0.717) is 6.04 Å². The van der Waals surface area contributed by atoms with Gasteiger partial charge < -0.3 is 5.32 Å². The van der Waals surface area contributed by atoms with E-state index in [1.807, 2.05) is 0 Å². The van der Waals surface area contributed by atoms with E-state index >= 15 is 0 Å². The maximum absolute atomic E-state index is 13.2. The fourth-order valence-corrected chi connectivity index (χ4v) is 2.88. The molecule has 84 valence electrons. The quantitative estimate of drug-likeness (QED) is 0.782. The number of pyridine rings is 1. The summed E-state index contributed by atoms with van der Waals surface area (Å²) in [5, 5.41) is 3.51. The maximum atomic E-state index is 13.2. The van der Waals surface area contributed by atoms with Crippen molar-refractivity contribution in [2.75, 3.05) is 6.54 Å². The molecule has 1 aliphatic heterocycles. The summed E-state index contributed by atoms with van der Waals surface area (Å²) in [5.41, 5.74) is 2.17. The Morgan fingerprint density at radius 2 is 2.25 bits per heavy atom. The van der Waals surface area contributed by atoms with E-state index < -0.39 is 0 Å². The third-order valence-corrected chi connectivity index (χ3v) is 3.63. The van der Waals surface area contributed by atoms with E-state index in [1.165, 1.54) is 24.6 Å².